The lowest BCUT2D eigenvalue weighted by Crippen LogP contribution is -2.25. The summed E-state index contributed by atoms with van der Waals surface area (Å²) < 4.78 is 5.25. The molecule has 0 fully saturated rings. The molecule has 0 bridgehead atoms. The fraction of sp³-hybridized carbons (Fsp3) is 1.00. The first-order valence-electron chi connectivity index (χ1n) is 6.26. The highest BCUT2D eigenvalue weighted by Gasteiger charge is 1.92. The molecule has 0 heterocycles. The van der Waals surface area contributed by atoms with Crippen molar-refractivity contribution in [2.24, 2.45) is 5.92 Å². The molecule has 0 aromatic carbocycles. The molecule has 0 aromatic rings. The molecule has 0 saturated carbocycles. The van der Waals surface area contributed by atoms with Crippen molar-refractivity contribution in [3.05, 3.63) is 0 Å². The Bertz CT molecular complexity index is 118. The summed E-state index contributed by atoms with van der Waals surface area (Å²) in [6.45, 7) is 12.7. The van der Waals surface area contributed by atoms with Crippen molar-refractivity contribution >= 4 is 0 Å². The summed E-state index contributed by atoms with van der Waals surface area (Å²) in [5, 5.41) is 6.84. The van der Waals surface area contributed by atoms with Gasteiger partial charge in [-0.3, -0.25) is 0 Å². The predicted octanol–water partition coefficient (Wildman–Crippen LogP) is 1.64. The van der Waals surface area contributed by atoms with Gasteiger partial charge in [0.25, 0.3) is 0 Å². The van der Waals surface area contributed by atoms with Gasteiger partial charge in [-0.1, -0.05) is 13.8 Å². The summed E-state index contributed by atoms with van der Waals surface area (Å²) in [4.78, 5) is 0. The molecule has 0 amide bonds. The number of ether oxygens (including phenoxy) is 1. The van der Waals surface area contributed by atoms with Crippen molar-refractivity contribution < 1.29 is 4.74 Å². The highest BCUT2D eigenvalue weighted by atomic mass is 16.5. The van der Waals surface area contributed by atoms with E-state index in [-0.39, 0.29) is 0 Å². The summed E-state index contributed by atoms with van der Waals surface area (Å²) >= 11 is 0. The van der Waals surface area contributed by atoms with Crippen LogP contribution in [0.4, 0.5) is 0 Å². The van der Waals surface area contributed by atoms with Crippen LogP contribution in [0.25, 0.3) is 0 Å². The van der Waals surface area contributed by atoms with Crippen LogP contribution in [-0.2, 0) is 4.74 Å². The molecule has 3 heteroatoms. The van der Waals surface area contributed by atoms with E-state index >= 15 is 0 Å². The molecule has 0 atom stereocenters. The summed E-state index contributed by atoms with van der Waals surface area (Å²) in [5.41, 5.74) is 0. The van der Waals surface area contributed by atoms with Crippen molar-refractivity contribution in [2.75, 3.05) is 39.4 Å². The van der Waals surface area contributed by atoms with E-state index in [9.17, 15) is 0 Å². The van der Waals surface area contributed by atoms with Crippen LogP contribution in [0.15, 0.2) is 0 Å². The monoisotopic (exact) mass is 216 g/mol. The minimum atomic E-state index is 0.754. The molecule has 0 rings (SSSR count). The van der Waals surface area contributed by atoms with Crippen LogP contribution in [-0.4, -0.2) is 39.4 Å². The molecule has 15 heavy (non-hydrogen) atoms. The molecule has 0 saturated heterocycles. The van der Waals surface area contributed by atoms with E-state index in [1.165, 1.54) is 6.42 Å². The van der Waals surface area contributed by atoms with Gasteiger partial charge in [-0.15, -0.1) is 0 Å². The quantitative estimate of drug-likeness (QED) is 0.515. The molecule has 0 radical (unpaired) electrons. The van der Waals surface area contributed by atoms with Gasteiger partial charge in [0, 0.05) is 13.2 Å². The van der Waals surface area contributed by atoms with Gasteiger partial charge in [-0.2, -0.15) is 0 Å². The fourth-order valence-corrected chi connectivity index (χ4v) is 1.30. The van der Waals surface area contributed by atoms with Gasteiger partial charge in [-0.05, 0) is 51.9 Å². The highest BCUT2D eigenvalue weighted by Crippen LogP contribution is 1.87. The summed E-state index contributed by atoms with van der Waals surface area (Å²) in [7, 11) is 0. The van der Waals surface area contributed by atoms with E-state index < -0.39 is 0 Å². The first-order valence-corrected chi connectivity index (χ1v) is 6.26. The normalized spacial score (nSPS) is 11.2. The average molecular weight is 216 g/mol. The SMILES string of the molecule is CCOCCCNCCCNCC(C)C. The second-order valence-electron chi connectivity index (χ2n) is 4.25. The number of rotatable bonds is 11. The van der Waals surface area contributed by atoms with Crippen molar-refractivity contribution in [1.29, 1.82) is 0 Å². The molecule has 0 aliphatic carbocycles. The largest absolute Gasteiger partial charge is 0.382 e. The predicted molar refractivity (Wildman–Crippen MR) is 66.3 cm³/mol. The minimum Gasteiger partial charge on any atom is -0.382 e. The summed E-state index contributed by atoms with van der Waals surface area (Å²) in [5.74, 6) is 0.754. The van der Waals surface area contributed by atoms with Crippen LogP contribution >= 0.6 is 0 Å². The van der Waals surface area contributed by atoms with Crippen molar-refractivity contribution in [3.8, 4) is 0 Å². The molecule has 92 valence electrons. The summed E-state index contributed by atoms with van der Waals surface area (Å²) in [6, 6.07) is 0. The van der Waals surface area contributed by atoms with Gasteiger partial charge in [0.05, 0.1) is 0 Å². The molecule has 0 unspecified atom stereocenters. The molecule has 0 spiro atoms. The zero-order valence-electron chi connectivity index (χ0n) is 10.6. The highest BCUT2D eigenvalue weighted by molar-refractivity contribution is 4.54. The van der Waals surface area contributed by atoms with Crippen LogP contribution in [0.5, 0.6) is 0 Å². The lowest BCUT2D eigenvalue weighted by Gasteiger charge is -2.08. The Hall–Kier alpha value is -0.120. The maximum Gasteiger partial charge on any atom is 0.0477 e. The zero-order valence-corrected chi connectivity index (χ0v) is 10.6. The average Bonchev–Trinajstić information content (AvgIpc) is 2.20. The van der Waals surface area contributed by atoms with Crippen LogP contribution < -0.4 is 10.6 Å². The van der Waals surface area contributed by atoms with Crippen LogP contribution in [0.3, 0.4) is 0 Å². The van der Waals surface area contributed by atoms with E-state index in [4.69, 9.17) is 4.74 Å². The third-order valence-electron chi connectivity index (χ3n) is 2.11. The van der Waals surface area contributed by atoms with E-state index in [2.05, 4.69) is 24.5 Å². The number of hydrogen-bond acceptors (Lipinski definition) is 3. The smallest absolute Gasteiger partial charge is 0.0477 e. The molecule has 2 N–H and O–H groups in total. The van der Waals surface area contributed by atoms with E-state index in [1.807, 2.05) is 6.92 Å². The number of hydrogen-bond donors (Lipinski definition) is 2. The Balaban J connectivity index is 2.87. The maximum absolute atomic E-state index is 5.25. The van der Waals surface area contributed by atoms with Crippen LogP contribution in [0.2, 0.25) is 0 Å². The van der Waals surface area contributed by atoms with Gasteiger partial charge in [-0.25, -0.2) is 0 Å². The third-order valence-corrected chi connectivity index (χ3v) is 2.11. The van der Waals surface area contributed by atoms with Gasteiger partial charge in [0.15, 0.2) is 0 Å². The lowest BCUT2D eigenvalue weighted by atomic mass is 10.2. The molecular formula is C12H28N2O. The minimum absolute atomic E-state index is 0.754. The number of nitrogens with one attached hydrogen (secondary N) is 2. The topological polar surface area (TPSA) is 33.3 Å². The molecular weight excluding hydrogens is 188 g/mol. The second kappa shape index (κ2) is 12.0. The van der Waals surface area contributed by atoms with Crippen molar-refractivity contribution in [1.82, 2.24) is 10.6 Å². The molecule has 0 aromatic heterocycles. The van der Waals surface area contributed by atoms with E-state index in [0.29, 0.717) is 0 Å². The lowest BCUT2D eigenvalue weighted by molar-refractivity contribution is 0.145. The first kappa shape index (κ1) is 14.9. The van der Waals surface area contributed by atoms with Gasteiger partial charge in [0.2, 0.25) is 0 Å². The Morgan fingerprint density at radius 3 is 2.33 bits per heavy atom. The first-order chi connectivity index (χ1) is 7.27. The zero-order chi connectivity index (χ0) is 11.4. The second-order valence-corrected chi connectivity index (χ2v) is 4.25. The molecule has 3 nitrogen and oxygen atoms in total. The summed E-state index contributed by atoms with van der Waals surface area (Å²) in [6.07, 6.45) is 2.33. The van der Waals surface area contributed by atoms with Crippen molar-refractivity contribution in [3.63, 3.8) is 0 Å². The Kier molecular flexibility index (Phi) is 11.9. The standard InChI is InChI=1S/C12H28N2O/c1-4-15-10-6-9-13-7-5-8-14-11-12(2)3/h12-14H,4-11H2,1-3H3. The Morgan fingerprint density at radius 2 is 1.67 bits per heavy atom. The molecule has 0 aliphatic rings. The fourth-order valence-electron chi connectivity index (χ4n) is 1.30. The van der Waals surface area contributed by atoms with Gasteiger partial charge < -0.3 is 15.4 Å². The Morgan fingerprint density at radius 1 is 1.00 bits per heavy atom. The third kappa shape index (κ3) is 13.9. The van der Waals surface area contributed by atoms with Gasteiger partial charge in [0.1, 0.15) is 0 Å². The van der Waals surface area contributed by atoms with Crippen molar-refractivity contribution in [2.45, 2.75) is 33.6 Å². The van der Waals surface area contributed by atoms with Crippen LogP contribution in [0.1, 0.15) is 33.6 Å². The van der Waals surface area contributed by atoms with Gasteiger partial charge >= 0.3 is 0 Å². The Labute approximate surface area is 95.0 Å². The van der Waals surface area contributed by atoms with Crippen LogP contribution in [0, 0.1) is 5.92 Å². The molecule has 0 aliphatic heterocycles. The van der Waals surface area contributed by atoms with E-state index in [0.717, 1.165) is 51.7 Å². The maximum atomic E-state index is 5.25. The van der Waals surface area contributed by atoms with E-state index in [1.54, 1.807) is 0 Å².